The lowest BCUT2D eigenvalue weighted by molar-refractivity contribution is 0.0572. The molecule has 106 valence electrons. The van der Waals surface area contributed by atoms with Crippen LogP contribution in [0, 0.1) is 19.7 Å². The van der Waals surface area contributed by atoms with E-state index in [0.717, 1.165) is 16.4 Å². The number of aliphatic hydroxyl groups excluding tert-OH is 2. The molecular weight excluding hydrogens is 273 g/mol. The molecule has 1 aliphatic heterocycles. The summed E-state index contributed by atoms with van der Waals surface area (Å²) in [5, 5.41) is 18.9. The van der Waals surface area contributed by atoms with Crippen molar-refractivity contribution >= 4 is 10.0 Å². The van der Waals surface area contributed by atoms with Crippen LogP contribution in [0.3, 0.4) is 0 Å². The lowest BCUT2D eigenvalue weighted by atomic mass is 10.1. The second-order valence-electron chi connectivity index (χ2n) is 4.83. The van der Waals surface area contributed by atoms with Gasteiger partial charge in [-0.2, -0.15) is 4.31 Å². The fourth-order valence-corrected chi connectivity index (χ4v) is 4.25. The highest BCUT2D eigenvalue weighted by Crippen LogP contribution is 2.27. The van der Waals surface area contributed by atoms with E-state index in [2.05, 4.69) is 0 Å². The minimum atomic E-state index is -3.84. The van der Waals surface area contributed by atoms with E-state index in [1.807, 2.05) is 0 Å². The molecule has 0 radical (unpaired) electrons. The first-order valence-electron chi connectivity index (χ1n) is 5.86. The lowest BCUT2D eigenvalue weighted by Crippen LogP contribution is -2.31. The van der Waals surface area contributed by atoms with Crippen molar-refractivity contribution in [1.29, 1.82) is 0 Å². The summed E-state index contributed by atoms with van der Waals surface area (Å²) in [5.74, 6) is -0.490. The molecule has 0 amide bonds. The first kappa shape index (κ1) is 14.4. The number of nitrogens with zero attached hydrogens (tertiary/aromatic N) is 1. The first-order valence-corrected chi connectivity index (χ1v) is 7.30. The zero-order valence-corrected chi connectivity index (χ0v) is 11.5. The zero-order chi connectivity index (χ0) is 14.4. The van der Waals surface area contributed by atoms with E-state index in [1.165, 1.54) is 13.8 Å². The molecule has 2 atom stereocenters. The van der Waals surface area contributed by atoms with E-state index in [0.29, 0.717) is 11.1 Å². The predicted molar refractivity (Wildman–Crippen MR) is 66.6 cm³/mol. The number of β-amino-alcohol motifs (C(OH)–C–C–N with tert-alkyl or cyclic N) is 2. The number of hydrogen-bond donors (Lipinski definition) is 2. The van der Waals surface area contributed by atoms with Crippen molar-refractivity contribution in [2.24, 2.45) is 0 Å². The van der Waals surface area contributed by atoms with Gasteiger partial charge in [0.2, 0.25) is 10.0 Å². The topological polar surface area (TPSA) is 77.8 Å². The Morgan fingerprint density at radius 3 is 2.00 bits per heavy atom. The molecule has 0 aromatic heterocycles. The van der Waals surface area contributed by atoms with Crippen LogP contribution >= 0.6 is 0 Å². The Balaban J connectivity index is 2.47. The number of halogens is 1. The first-order chi connectivity index (χ1) is 8.73. The molecule has 2 unspecified atom stereocenters. The zero-order valence-electron chi connectivity index (χ0n) is 10.7. The Bertz CT molecular complexity index is 569. The van der Waals surface area contributed by atoms with Gasteiger partial charge in [0.15, 0.2) is 0 Å². The molecule has 1 saturated heterocycles. The summed E-state index contributed by atoms with van der Waals surface area (Å²) >= 11 is 0. The molecule has 1 aliphatic rings. The summed E-state index contributed by atoms with van der Waals surface area (Å²) in [6.45, 7) is 2.73. The Hall–Kier alpha value is -1.02. The minimum absolute atomic E-state index is 0.0372. The Morgan fingerprint density at radius 1 is 1.16 bits per heavy atom. The van der Waals surface area contributed by atoms with Crippen LogP contribution in [-0.2, 0) is 10.0 Å². The van der Waals surface area contributed by atoms with Gasteiger partial charge < -0.3 is 10.2 Å². The molecule has 1 aromatic carbocycles. The molecule has 0 saturated carbocycles. The number of sulfonamides is 1. The van der Waals surface area contributed by atoms with Crippen LogP contribution < -0.4 is 0 Å². The smallest absolute Gasteiger partial charge is 0.243 e. The van der Waals surface area contributed by atoms with E-state index < -0.39 is 28.0 Å². The lowest BCUT2D eigenvalue weighted by Gasteiger charge is -2.19. The summed E-state index contributed by atoms with van der Waals surface area (Å²) in [5.41, 5.74) is 0.627. The molecule has 5 nitrogen and oxygen atoms in total. The van der Waals surface area contributed by atoms with Crippen molar-refractivity contribution in [3.8, 4) is 0 Å². The summed E-state index contributed by atoms with van der Waals surface area (Å²) in [4.78, 5) is 0.0372. The van der Waals surface area contributed by atoms with E-state index in [-0.39, 0.29) is 18.0 Å². The molecule has 2 rings (SSSR count). The number of rotatable bonds is 2. The van der Waals surface area contributed by atoms with Gasteiger partial charge in [0.25, 0.3) is 0 Å². The van der Waals surface area contributed by atoms with Crippen molar-refractivity contribution in [3.05, 3.63) is 29.1 Å². The molecule has 1 heterocycles. The highest BCUT2D eigenvalue weighted by Gasteiger charge is 2.38. The third-order valence-electron chi connectivity index (χ3n) is 3.25. The molecule has 2 N–H and O–H groups in total. The standard InChI is InChI=1S/C12H16FNO4S/c1-7-3-9(13)4-8(2)12(7)19(17,18)14-5-10(15)11(16)6-14/h3-4,10-11,15-16H,5-6H2,1-2H3. The average Bonchev–Trinajstić information content (AvgIpc) is 2.57. The van der Waals surface area contributed by atoms with Crippen molar-refractivity contribution < 1.29 is 23.0 Å². The van der Waals surface area contributed by atoms with Gasteiger partial charge in [0.05, 0.1) is 17.1 Å². The van der Waals surface area contributed by atoms with Gasteiger partial charge in [-0.1, -0.05) is 0 Å². The maximum Gasteiger partial charge on any atom is 0.243 e. The highest BCUT2D eigenvalue weighted by atomic mass is 32.2. The van der Waals surface area contributed by atoms with Crippen molar-refractivity contribution in [2.75, 3.05) is 13.1 Å². The average molecular weight is 289 g/mol. The second-order valence-corrected chi connectivity index (χ2v) is 6.70. The normalized spacial score (nSPS) is 24.9. The maximum absolute atomic E-state index is 13.2. The van der Waals surface area contributed by atoms with Crippen LogP contribution in [0.4, 0.5) is 4.39 Å². The van der Waals surface area contributed by atoms with Crippen LogP contribution in [0.25, 0.3) is 0 Å². The molecular formula is C12H16FNO4S. The van der Waals surface area contributed by atoms with Crippen molar-refractivity contribution in [3.63, 3.8) is 0 Å². The summed E-state index contributed by atoms with van der Waals surface area (Å²) < 4.78 is 39.2. The third-order valence-corrected chi connectivity index (χ3v) is 5.39. The van der Waals surface area contributed by atoms with E-state index in [1.54, 1.807) is 0 Å². The van der Waals surface area contributed by atoms with Crippen molar-refractivity contribution in [2.45, 2.75) is 31.0 Å². The van der Waals surface area contributed by atoms with Gasteiger partial charge >= 0.3 is 0 Å². The number of benzene rings is 1. The quantitative estimate of drug-likeness (QED) is 0.813. The van der Waals surface area contributed by atoms with Gasteiger partial charge in [-0.15, -0.1) is 0 Å². The fourth-order valence-electron chi connectivity index (χ4n) is 2.36. The van der Waals surface area contributed by atoms with E-state index in [9.17, 15) is 23.0 Å². The van der Waals surface area contributed by atoms with Gasteiger partial charge in [-0.05, 0) is 37.1 Å². The highest BCUT2D eigenvalue weighted by molar-refractivity contribution is 7.89. The molecule has 0 bridgehead atoms. The Kier molecular flexibility index (Phi) is 3.65. The SMILES string of the molecule is Cc1cc(F)cc(C)c1S(=O)(=O)N1CC(O)C(O)C1. The van der Waals surface area contributed by atoms with Crippen molar-refractivity contribution in [1.82, 2.24) is 4.31 Å². The van der Waals surface area contributed by atoms with E-state index in [4.69, 9.17) is 0 Å². The van der Waals surface area contributed by atoms with Gasteiger partial charge in [-0.3, -0.25) is 0 Å². The van der Waals surface area contributed by atoms with Crippen LogP contribution in [-0.4, -0.2) is 48.2 Å². The Labute approximate surface area is 111 Å². The number of aryl methyl sites for hydroxylation is 2. The maximum atomic E-state index is 13.2. The molecule has 0 spiro atoms. The largest absolute Gasteiger partial charge is 0.389 e. The fraction of sp³-hybridized carbons (Fsp3) is 0.500. The van der Waals surface area contributed by atoms with Gasteiger partial charge in [0, 0.05) is 13.1 Å². The van der Waals surface area contributed by atoms with Crippen LogP contribution in [0.1, 0.15) is 11.1 Å². The van der Waals surface area contributed by atoms with Crippen LogP contribution in [0.2, 0.25) is 0 Å². The molecule has 1 fully saturated rings. The molecule has 7 heteroatoms. The van der Waals surface area contributed by atoms with Crippen LogP contribution in [0.5, 0.6) is 0 Å². The summed E-state index contributed by atoms with van der Waals surface area (Å²) in [6.07, 6.45) is -2.17. The monoisotopic (exact) mass is 289 g/mol. The second kappa shape index (κ2) is 4.82. The summed E-state index contributed by atoms with van der Waals surface area (Å²) in [7, 11) is -3.84. The number of aliphatic hydroxyl groups is 2. The Morgan fingerprint density at radius 2 is 1.58 bits per heavy atom. The molecule has 19 heavy (non-hydrogen) atoms. The third kappa shape index (κ3) is 2.51. The molecule has 1 aromatic rings. The summed E-state index contributed by atoms with van der Waals surface area (Å²) in [6, 6.07) is 2.31. The van der Waals surface area contributed by atoms with Gasteiger partial charge in [0.1, 0.15) is 5.82 Å². The van der Waals surface area contributed by atoms with Gasteiger partial charge in [-0.25, -0.2) is 12.8 Å². The number of hydrogen-bond acceptors (Lipinski definition) is 4. The minimum Gasteiger partial charge on any atom is -0.389 e. The predicted octanol–water partition coefficient (Wildman–Crippen LogP) is 0.169. The van der Waals surface area contributed by atoms with E-state index >= 15 is 0 Å². The molecule has 0 aliphatic carbocycles. The van der Waals surface area contributed by atoms with Crippen LogP contribution in [0.15, 0.2) is 17.0 Å².